The molecule has 1 saturated heterocycles. The second kappa shape index (κ2) is 44.1. The first kappa shape index (κ1) is 77.8. The number of carbonyl (C=O) groups excluding carboxylic acids is 3. The molecular formula is C59H98N7O17P3S-4. The summed E-state index contributed by atoms with van der Waals surface area (Å²) in [5, 5.41) is 26.6. The Bertz CT molecular complexity index is 2550. The summed E-state index contributed by atoms with van der Waals surface area (Å²) in [7, 11) is -17.6. The number of anilines is 1. The maximum absolute atomic E-state index is 12.7. The van der Waals surface area contributed by atoms with Gasteiger partial charge >= 0.3 is 0 Å². The number of nitrogens with zero attached hydrogens (tertiary/aromatic N) is 4. The van der Waals surface area contributed by atoms with Crippen LogP contribution in [0.25, 0.3) is 11.2 Å². The minimum absolute atomic E-state index is 0.0179. The van der Waals surface area contributed by atoms with Crippen LogP contribution in [0.2, 0.25) is 0 Å². The lowest BCUT2D eigenvalue weighted by Crippen LogP contribution is -2.46. The number of allylic oxidation sites excluding steroid dienone is 8. The molecule has 0 saturated carbocycles. The molecule has 6 N–H and O–H groups in total. The molecule has 24 nitrogen and oxygen atoms in total. The number of amides is 2. The molecule has 1 fully saturated rings. The van der Waals surface area contributed by atoms with E-state index in [1.807, 2.05) is 0 Å². The third-order valence-electron chi connectivity index (χ3n) is 14.4. The van der Waals surface area contributed by atoms with Crippen molar-refractivity contribution < 1.29 is 80.5 Å². The number of hydrogen-bond acceptors (Lipinski definition) is 22. The van der Waals surface area contributed by atoms with Gasteiger partial charge in [0.15, 0.2) is 22.8 Å². The van der Waals surface area contributed by atoms with E-state index in [1.165, 1.54) is 149 Å². The number of aromatic nitrogens is 4. The number of nitrogen functional groups attached to an aromatic ring is 1. The van der Waals surface area contributed by atoms with Crippen LogP contribution in [-0.2, 0) is 50.7 Å². The highest BCUT2D eigenvalue weighted by Gasteiger charge is 2.47. The Morgan fingerprint density at radius 2 is 1.22 bits per heavy atom. The number of phosphoric ester groups is 3. The van der Waals surface area contributed by atoms with Gasteiger partial charge in [0.25, 0.3) is 15.6 Å². The summed E-state index contributed by atoms with van der Waals surface area (Å²) in [6.45, 7) is 2.43. The molecule has 7 atom stereocenters. The molecule has 496 valence electrons. The number of hydrogen-bond donors (Lipinski definition) is 5. The topological polar surface area (TPSA) is 375 Å². The summed E-state index contributed by atoms with van der Waals surface area (Å²) in [6, 6.07) is 0. The third kappa shape index (κ3) is 35.1. The second-order valence-electron chi connectivity index (χ2n) is 22.5. The zero-order chi connectivity index (χ0) is 63.8. The first-order valence-corrected chi connectivity index (χ1v) is 36.5. The van der Waals surface area contributed by atoms with Gasteiger partial charge in [0, 0.05) is 37.1 Å². The lowest BCUT2D eigenvalue weighted by Gasteiger charge is -2.36. The van der Waals surface area contributed by atoms with Crippen LogP contribution in [0.4, 0.5) is 5.82 Å². The molecule has 2 unspecified atom stereocenters. The molecule has 0 radical (unpaired) electrons. The van der Waals surface area contributed by atoms with Gasteiger partial charge in [-0.25, -0.2) is 19.3 Å². The molecule has 28 heteroatoms. The molecule has 0 aliphatic carbocycles. The summed E-state index contributed by atoms with van der Waals surface area (Å²) in [5.74, 6) is -1.13. The number of carbonyl (C=O) groups is 3. The van der Waals surface area contributed by atoms with E-state index in [0.717, 1.165) is 67.5 Å². The van der Waals surface area contributed by atoms with Crippen LogP contribution in [0, 0.1) is 5.41 Å². The summed E-state index contributed by atoms with van der Waals surface area (Å²) in [6.07, 6.45) is 44.7. The number of rotatable bonds is 51. The van der Waals surface area contributed by atoms with Gasteiger partial charge < -0.3 is 69.0 Å². The van der Waals surface area contributed by atoms with E-state index in [2.05, 4.69) is 99.0 Å². The molecule has 1 aliphatic heterocycles. The van der Waals surface area contributed by atoms with Crippen molar-refractivity contribution in [2.24, 2.45) is 5.41 Å². The molecule has 87 heavy (non-hydrogen) atoms. The van der Waals surface area contributed by atoms with E-state index in [0.29, 0.717) is 12.2 Å². The Kier molecular flexibility index (Phi) is 39.4. The summed E-state index contributed by atoms with van der Waals surface area (Å²) in [5.41, 5.74) is 4.11. The molecule has 2 aromatic rings. The average Bonchev–Trinajstić information content (AvgIpc) is 1.70. The fraction of sp³-hybridized carbons (Fsp3) is 0.729. The summed E-state index contributed by atoms with van der Waals surface area (Å²) < 4.78 is 61.1. The zero-order valence-corrected chi connectivity index (χ0v) is 54.8. The largest absolute Gasteiger partial charge is 0.790 e. The predicted octanol–water partition coefficient (Wildman–Crippen LogP) is 9.30. The van der Waals surface area contributed by atoms with Gasteiger partial charge in [0.1, 0.15) is 36.3 Å². The van der Waals surface area contributed by atoms with Crippen molar-refractivity contribution in [2.45, 2.75) is 238 Å². The van der Waals surface area contributed by atoms with E-state index in [-0.39, 0.29) is 41.6 Å². The van der Waals surface area contributed by atoms with E-state index < -0.39 is 84.6 Å². The smallest absolute Gasteiger partial charge is 0.274 e. The lowest BCUT2D eigenvalue weighted by atomic mass is 9.87. The number of aliphatic hydroxyl groups is 2. The third-order valence-corrected chi connectivity index (χ3v) is 18.4. The monoisotopic (exact) mass is 1300 g/mol. The molecule has 2 amide bonds. The number of phosphoric acid groups is 3. The number of nitrogens with two attached hydrogens (primary N) is 1. The predicted molar refractivity (Wildman–Crippen MR) is 330 cm³/mol. The number of thioether (sulfide) groups is 1. The second-order valence-corrected chi connectivity index (χ2v) is 27.8. The number of imidazole rings is 1. The van der Waals surface area contributed by atoms with Crippen molar-refractivity contribution in [3.05, 3.63) is 61.3 Å². The van der Waals surface area contributed by atoms with E-state index in [1.54, 1.807) is 0 Å². The summed E-state index contributed by atoms with van der Waals surface area (Å²) in [4.78, 5) is 97.4. The highest BCUT2D eigenvalue weighted by Crippen LogP contribution is 2.56. The van der Waals surface area contributed by atoms with Crippen LogP contribution in [0.5, 0.6) is 0 Å². The first-order chi connectivity index (χ1) is 41.6. The Labute approximate surface area is 519 Å². The normalized spacial score (nSPS) is 18.6. The van der Waals surface area contributed by atoms with Gasteiger partial charge in [-0.3, -0.25) is 28.1 Å². The Hall–Kier alpha value is -3.48. The van der Waals surface area contributed by atoms with Crippen molar-refractivity contribution in [2.75, 3.05) is 37.8 Å². The SMILES string of the molecule is CCCCC/C=C\C/C=C\C/C=C\C/C=C\CCCCCCCCCCCCCCCCCCCCCC(=O)SCCNC(=O)CCNC(=O)[C@H](O)C(C)(C)COP(=O)([O-])OP(=O)([O-])OC[C@H]1O[C@@H](n2cnc3c(N)ncnc32)[C@H](O)[C@@H]1OP(=O)([O-])[O-]. The van der Waals surface area contributed by atoms with E-state index >= 15 is 0 Å². The Balaban J connectivity index is 1.11. The van der Waals surface area contributed by atoms with Crippen molar-refractivity contribution in [1.29, 1.82) is 0 Å². The van der Waals surface area contributed by atoms with Gasteiger partial charge in [0.2, 0.25) is 11.8 Å². The number of fused-ring (bicyclic) bond motifs is 1. The maximum atomic E-state index is 12.7. The Morgan fingerprint density at radius 3 is 1.76 bits per heavy atom. The minimum Gasteiger partial charge on any atom is -0.790 e. The molecule has 0 aromatic carbocycles. The standard InChI is InChI=1S/C59H102N7O17P3S/c1-4-5-6-7-8-9-10-11-12-13-14-15-16-17-18-19-20-21-22-23-24-25-26-27-28-29-30-31-32-33-34-35-36-37-38-39-50(68)87-43-42-61-49(67)40-41-62-57(71)54(70)59(2,3)45-80-86(77,78)83-85(75,76)79-44-48-53(82-84(72,73)74)52(69)58(81-48)66-47-65-51-55(60)63-46-64-56(51)66/h8-9,11-12,14-15,17-18,46-48,52-54,58,69-70H,4-7,10,13,16,19-45H2,1-3H3,(H,61,67)(H,62,71)(H,75,76)(H,77,78)(H2,60,63,64)(H2,72,73,74)/p-4/b9-8-,12-11-,15-14-,18-17-/t48-,52-,53-,54+,58-/m1/s1. The molecular weight excluding hydrogens is 1200 g/mol. The fourth-order valence-electron chi connectivity index (χ4n) is 9.44. The minimum atomic E-state index is -5.93. The van der Waals surface area contributed by atoms with Crippen LogP contribution in [0.3, 0.4) is 0 Å². The van der Waals surface area contributed by atoms with Crippen LogP contribution in [0.15, 0.2) is 61.3 Å². The summed E-state index contributed by atoms with van der Waals surface area (Å²) >= 11 is 1.15. The van der Waals surface area contributed by atoms with Gasteiger partial charge in [-0.05, 0) is 51.4 Å². The molecule has 2 aromatic heterocycles. The molecule has 0 spiro atoms. The first-order valence-electron chi connectivity index (χ1n) is 31.1. The van der Waals surface area contributed by atoms with Gasteiger partial charge in [0.05, 0.1) is 27.4 Å². The van der Waals surface area contributed by atoms with Gasteiger partial charge in [-0.15, -0.1) is 0 Å². The van der Waals surface area contributed by atoms with Crippen molar-refractivity contribution in [1.82, 2.24) is 30.2 Å². The van der Waals surface area contributed by atoms with E-state index in [4.69, 9.17) is 10.5 Å². The van der Waals surface area contributed by atoms with Crippen LogP contribution in [0.1, 0.15) is 213 Å². The molecule has 3 rings (SSSR count). The molecule has 0 bridgehead atoms. The van der Waals surface area contributed by atoms with Crippen LogP contribution >= 0.6 is 35.2 Å². The number of nitrogens with one attached hydrogen (secondary N) is 2. The number of unbranched alkanes of at least 4 members (excludes halogenated alkanes) is 22. The zero-order valence-electron chi connectivity index (χ0n) is 51.3. The van der Waals surface area contributed by atoms with Crippen molar-refractivity contribution >= 4 is 69.1 Å². The highest BCUT2D eigenvalue weighted by atomic mass is 32.2. The number of aliphatic hydroxyl groups excluding tert-OH is 2. The maximum Gasteiger partial charge on any atom is 0.274 e. The van der Waals surface area contributed by atoms with Gasteiger partial charge in [-0.2, -0.15) is 0 Å². The van der Waals surface area contributed by atoms with E-state index in [9.17, 15) is 57.9 Å². The lowest BCUT2D eigenvalue weighted by molar-refractivity contribution is -0.347. The fourth-order valence-corrected chi connectivity index (χ4v) is 12.9. The Morgan fingerprint density at radius 1 is 0.713 bits per heavy atom. The van der Waals surface area contributed by atoms with Crippen molar-refractivity contribution in [3.63, 3.8) is 0 Å². The van der Waals surface area contributed by atoms with Crippen LogP contribution in [-0.4, -0.2) is 103 Å². The molecule has 1 aliphatic rings. The average molecular weight is 1300 g/mol. The number of ether oxygens (including phenoxy) is 1. The van der Waals surface area contributed by atoms with Gasteiger partial charge in [-0.1, -0.05) is 203 Å². The highest BCUT2D eigenvalue weighted by molar-refractivity contribution is 8.13. The quantitative estimate of drug-likeness (QED) is 0.0234. The molecule has 3 heterocycles. The van der Waals surface area contributed by atoms with Crippen molar-refractivity contribution in [3.8, 4) is 0 Å². The van der Waals surface area contributed by atoms with Crippen LogP contribution < -0.4 is 35.9 Å².